The molecule has 1 aliphatic heterocycles. The van der Waals surface area contributed by atoms with Crippen molar-refractivity contribution in [3.05, 3.63) is 18.0 Å². The smallest absolute Gasteiger partial charge is 0.271 e. The molecule has 0 spiro atoms. The van der Waals surface area contributed by atoms with Crippen LogP contribution in [0.4, 0.5) is 0 Å². The van der Waals surface area contributed by atoms with E-state index in [4.69, 9.17) is 4.74 Å². The van der Waals surface area contributed by atoms with Crippen molar-refractivity contribution in [3.63, 3.8) is 0 Å². The largest absolute Gasteiger partial charge is 0.381 e. The number of hydrogen-bond acceptors (Lipinski definition) is 4. The van der Waals surface area contributed by atoms with E-state index in [2.05, 4.69) is 15.7 Å². The summed E-state index contributed by atoms with van der Waals surface area (Å²) >= 11 is 0. The van der Waals surface area contributed by atoms with Crippen LogP contribution in [0.3, 0.4) is 0 Å². The summed E-state index contributed by atoms with van der Waals surface area (Å²) in [6.45, 7) is 9.72. The van der Waals surface area contributed by atoms with Crippen LogP contribution in [0.25, 0.3) is 0 Å². The van der Waals surface area contributed by atoms with Crippen LogP contribution in [0.5, 0.6) is 0 Å². The molecule has 0 aromatic carbocycles. The number of aryl methyl sites for hydroxylation is 1. The van der Waals surface area contributed by atoms with Crippen LogP contribution in [0.1, 0.15) is 57.4 Å². The highest BCUT2D eigenvalue weighted by molar-refractivity contribution is 5.92. The predicted molar refractivity (Wildman–Crippen MR) is 95.2 cm³/mol. The summed E-state index contributed by atoms with van der Waals surface area (Å²) in [5.74, 6) is -0.162. The third-order valence-corrected chi connectivity index (χ3v) is 4.25. The molecule has 1 aliphatic rings. The quantitative estimate of drug-likeness (QED) is 0.784. The van der Waals surface area contributed by atoms with Gasteiger partial charge in [-0.2, -0.15) is 5.10 Å². The third kappa shape index (κ3) is 6.16. The Bertz CT molecular complexity index is 589. The van der Waals surface area contributed by atoms with Crippen molar-refractivity contribution in [2.75, 3.05) is 13.2 Å². The summed E-state index contributed by atoms with van der Waals surface area (Å²) in [6, 6.07) is 1.79. The number of nitrogens with one attached hydrogen (secondary N) is 2. The fourth-order valence-electron chi connectivity index (χ4n) is 2.78. The van der Waals surface area contributed by atoms with E-state index in [-0.39, 0.29) is 29.3 Å². The van der Waals surface area contributed by atoms with Gasteiger partial charge in [0, 0.05) is 30.9 Å². The van der Waals surface area contributed by atoms with Gasteiger partial charge in [-0.25, -0.2) is 0 Å². The van der Waals surface area contributed by atoms with Gasteiger partial charge in [0.1, 0.15) is 5.69 Å². The Hall–Kier alpha value is -1.89. The second kappa shape index (κ2) is 8.47. The minimum Gasteiger partial charge on any atom is -0.381 e. The van der Waals surface area contributed by atoms with E-state index in [0.717, 1.165) is 25.9 Å². The Morgan fingerprint density at radius 3 is 2.84 bits per heavy atom. The monoisotopic (exact) mass is 350 g/mol. The zero-order valence-electron chi connectivity index (χ0n) is 15.7. The molecule has 1 fully saturated rings. The Morgan fingerprint density at radius 2 is 2.20 bits per heavy atom. The number of nitrogens with zero attached hydrogens (tertiary/aromatic N) is 2. The molecule has 0 radical (unpaired) electrons. The first-order chi connectivity index (χ1) is 11.8. The number of ether oxygens (including phenoxy) is 1. The van der Waals surface area contributed by atoms with Gasteiger partial charge in [0.2, 0.25) is 5.91 Å². The molecule has 0 aliphatic carbocycles. The topological polar surface area (TPSA) is 85.2 Å². The summed E-state index contributed by atoms with van der Waals surface area (Å²) < 4.78 is 7.13. The van der Waals surface area contributed by atoms with Crippen molar-refractivity contribution in [1.82, 2.24) is 20.4 Å². The van der Waals surface area contributed by atoms with Gasteiger partial charge >= 0.3 is 0 Å². The van der Waals surface area contributed by atoms with E-state index < -0.39 is 0 Å². The standard InChI is InChI=1S/C18H30N4O3/c1-13(2)19-17(24)15-7-9-22(21-15)10-8-18(3,4)20-16(23)14-6-5-11-25-12-14/h7,9,13-14H,5-6,8,10-12H2,1-4H3,(H,19,24)(H,20,23). The highest BCUT2D eigenvalue weighted by Crippen LogP contribution is 2.17. The molecule has 2 rings (SSSR count). The lowest BCUT2D eigenvalue weighted by atomic mass is 9.96. The molecule has 140 valence electrons. The van der Waals surface area contributed by atoms with Crippen molar-refractivity contribution < 1.29 is 14.3 Å². The van der Waals surface area contributed by atoms with E-state index in [1.165, 1.54) is 0 Å². The molecular weight excluding hydrogens is 320 g/mol. The molecule has 0 bridgehead atoms. The predicted octanol–water partition coefficient (Wildman–Crippen LogP) is 1.73. The molecule has 25 heavy (non-hydrogen) atoms. The Kier molecular flexibility index (Phi) is 6.58. The highest BCUT2D eigenvalue weighted by Gasteiger charge is 2.27. The van der Waals surface area contributed by atoms with Gasteiger partial charge in [0.25, 0.3) is 5.91 Å². The van der Waals surface area contributed by atoms with Gasteiger partial charge in [-0.15, -0.1) is 0 Å². The van der Waals surface area contributed by atoms with E-state index in [9.17, 15) is 9.59 Å². The SMILES string of the molecule is CC(C)NC(=O)c1ccn(CCC(C)(C)NC(=O)C2CCCOC2)n1. The van der Waals surface area contributed by atoms with Gasteiger partial charge in [0.15, 0.2) is 0 Å². The molecule has 0 saturated carbocycles. The van der Waals surface area contributed by atoms with Gasteiger partial charge < -0.3 is 15.4 Å². The minimum absolute atomic E-state index is 0.0518. The number of aromatic nitrogens is 2. The number of amides is 2. The normalized spacial score (nSPS) is 18.2. The van der Waals surface area contributed by atoms with E-state index in [1.807, 2.05) is 27.7 Å². The average molecular weight is 350 g/mol. The van der Waals surface area contributed by atoms with Gasteiger partial charge in [0.05, 0.1) is 12.5 Å². The zero-order valence-corrected chi connectivity index (χ0v) is 15.7. The summed E-state index contributed by atoms with van der Waals surface area (Å²) in [6.07, 6.45) is 4.34. The molecule has 2 heterocycles. The lowest BCUT2D eigenvalue weighted by Gasteiger charge is -2.30. The molecule has 1 aromatic rings. The van der Waals surface area contributed by atoms with Crippen LogP contribution in [-0.2, 0) is 16.1 Å². The second-order valence-corrected chi connectivity index (χ2v) is 7.63. The number of carbonyl (C=O) groups is 2. The summed E-state index contributed by atoms with van der Waals surface area (Å²) in [5, 5.41) is 10.2. The number of carbonyl (C=O) groups excluding carboxylic acids is 2. The lowest BCUT2D eigenvalue weighted by molar-refractivity contribution is -0.130. The molecular formula is C18H30N4O3. The molecule has 1 atom stereocenters. The van der Waals surface area contributed by atoms with Crippen molar-refractivity contribution in [2.24, 2.45) is 5.92 Å². The zero-order chi connectivity index (χ0) is 18.4. The fraction of sp³-hybridized carbons (Fsp3) is 0.722. The Morgan fingerprint density at radius 1 is 1.44 bits per heavy atom. The fourth-order valence-corrected chi connectivity index (χ4v) is 2.78. The first kappa shape index (κ1) is 19.4. The van der Waals surface area contributed by atoms with Crippen LogP contribution < -0.4 is 10.6 Å². The minimum atomic E-state index is -0.346. The summed E-state index contributed by atoms with van der Waals surface area (Å²) in [7, 11) is 0. The molecule has 1 unspecified atom stereocenters. The maximum absolute atomic E-state index is 12.4. The van der Waals surface area contributed by atoms with Crippen molar-refractivity contribution in [1.29, 1.82) is 0 Å². The third-order valence-electron chi connectivity index (χ3n) is 4.25. The lowest BCUT2D eigenvalue weighted by Crippen LogP contribution is -2.48. The van der Waals surface area contributed by atoms with Crippen LogP contribution in [0.15, 0.2) is 12.3 Å². The Labute approximate surface area is 149 Å². The van der Waals surface area contributed by atoms with E-state index in [0.29, 0.717) is 18.8 Å². The maximum Gasteiger partial charge on any atom is 0.271 e. The van der Waals surface area contributed by atoms with Crippen molar-refractivity contribution in [3.8, 4) is 0 Å². The van der Waals surface area contributed by atoms with Crippen molar-refractivity contribution in [2.45, 2.75) is 65.1 Å². The van der Waals surface area contributed by atoms with E-state index in [1.54, 1.807) is 16.9 Å². The summed E-state index contributed by atoms with van der Waals surface area (Å²) in [4.78, 5) is 24.3. The van der Waals surface area contributed by atoms with Crippen molar-refractivity contribution >= 4 is 11.8 Å². The molecule has 1 saturated heterocycles. The van der Waals surface area contributed by atoms with Crippen LogP contribution in [0.2, 0.25) is 0 Å². The maximum atomic E-state index is 12.4. The molecule has 2 amide bonds. The van der Waals surface area contributed by atoms with Gasteiger partial charge in [-0.1, -0.05) is 0 Å². The first-order valence-electron chi connectivity index (χ1n) is 9.01. The average Bonchev–Trinajstić information content (AvgIpc) is 3.02. The molecule has 1 aromatic heterocycles. The number of rotatable bonds is 7. The van der Waals surface area contributed by atoms with E-state index >= 15 is 0 Å². The molecule has 7 heteroatoms. The Balaban J connectivity index is 1.83. The summed E-state index contributed by atoms with van der Waals surface area (Å²) in [5.41, 5.74) is 0.0655. The van der Waals surface area contributed by atoms with Gasteiger partial charge in [-0.3, -0.25) is 14.3 Å². The van der Waals surface area contributed by atoms with Crippen LogP contribution >= 0.6 is 0 Å². The number of hydrogen-bond donors (Lipinski definition) is 2. The van der Waals surface area contributed by atoms with Crippen LogP contribution in [0, 0.1) is 5.92 Å². The van der Waals surface area contributed by atoms with Crippen LogP contribution in [-0.4, -0.2) is 46.4 Å². The molecule has 2 N–H and O–H groups in total. The highest BCUT2D eigenvalue weighted by atomic mass is 16.5. The molecule has 7 nitrogen and oxygen atoms in total. The second-order valence-electron chi connectivity index (χ2n) is 7.63. The first-order valence-corrected chi connectivity index (χ1v) is 9.01. The van der Waals surface area contributed by atoms with Gasteiger partial charge in [-0.05, 0) is 53.0 Å².